The molecule has 1 aliphatic heterocycles. The largest absolute Gasteiger partial charge is 0.496 e. The Morgan fingerprint density at radius 3 is 2.57 bits per heavy atom. The maximum atomic E-state index is 12.7. The Morgan fingerprint density at radius 1 is 1.17 bits per heavy atom. The molecule has 30 heavy (non-hydrogen) atoms. The number of tetrazole rings is 1. The average molecular weight is 427 g/mol. The number of hydrogen-bond acceptors (Lipinski definition) is 6. The van der Waals surface area contributed by atoms with Crippen LogP contribution in [0.15, 0.2) is 42.7 Å². The minimum absolute atomic E-state index is 0.266. The number of nitrogens with zero attached hydrogens (tertiary/aromatic N) is 5. The summed E-state index contributed by atoms with van der Waals surface area (Å²) in [5.74, 6) is 0.126. The second-order valence-corrected chi connectivity index (χ2v) is 7.65. The molecule has 0 spiro atoms. The Bertz CT molecular complexity index is 1000. The number of likely N-dealkylation sites (tertiary alicyclic amines) is 1. The first kappa shape index (κ1) is 20.3. The molecule has 4 rings (SSSR count). The standard InChI is InChI=1S/C21H23ClN6O2/c1-30-20-11-19(28-14-24-25-26-28)18(22)10-17(20)21(29)23-12-15-4-6-16(7-5-15)13-27-8-2-3-9-27/h4-7,10-11,14H,2-3,8-9,12-13H2,1H3,(H,23,29). The summed E-state index contributed by atoms with van der Waals surface area (Å²) in [6.07, 6.45) is 4.00. The summed E-state index contributed by atoms with van der Waals surface area (Å²) in [7, 11) is 1.50. The molecule has 0 unspecified atom stereocenters. The highest BCUT2D eigenvalue weighted by Gasteiger charge is 2.17. The number of benzene rings is 2. The van der Waals surface area contributed by atoms with Gasteiger partial charge in [-0.1, -0.05) is 35.9 Å². The fourth-order valence-corrected chi connectivity index (χ4v) is 3.83. The van der Waals surface area contributed by atoms with Crippen LogP contribution in [0.3, 0.4) is 0 Å². The van der Waals surface area contributed by atoms with E-state index in [1.807, 2.05) is 0 Å². The van der Waals surface area contributed by atoms with E-state index in [0.717, 1.165) is 12.1 Å². The van der Waals surface area contributed by atoms with Crippen molar-refractivity contribution in [1.29, 1.82) is 0 Å². The van der Waals surface area contributed by atoms with E-state index in [-0.39, 0.29) is 5.91 Å². The first-order chi connectivity index (χ1) is 14.6. The summed E-state index contributed by atoms with van der Waals surface area (Å²) >= 11 is 6.34. The van der Waals surface area contributed by atoms with E-state index >= 15 is 0 Å². The lowest BCUT2D eigenvalue weighted by atomic mass is 10.1. The van der Waals surface area contributed by atoms with Gasteiger partial charge >= 0.3 is 0 Å². The number of aromatic nitrogens is 4. The zero-order valence-corrected chi connectivity index (χ0v) is 17.5. The van der Waals surface area contributed by atoms with E-state index in [4.69, 9.17) is 16.3 Å². The number of amides is 1. The zero-order chi connectivity index (χ0) is 20.9. The maximum Gasteiger partial charge on any atom is 0.255 e. The van der Waals surface area contributed by atoms with Gasteiger partial charge in [-0.05, 0) is 53.6 Å². The van der Waals surface area contributed by atoms with Crippen LogP contribution in [-0.2, 0) is 13.1 Å². The van der Waals surface area contributed by atoms with Crippen LogP contribution in [0.25, 0.3) is 5.69 Å². The number of hydrogen-bond donors (Lipinski definition) is 1. The van der Waals surface area contributed by atoms with E-state index in [0.29, 0.717) is 28.6 Å². The van der Waals surface area contributed by atoms with Crippen molar-refractivity contribution in [2.24, 2.45) is 0 Å². The molecule has 1 saturated heterocycles. The lowest BCUT2D eigenvalue weighted by Crippen LogP contribution is -2.23. The molecule has 0 bridgehead atoms. The molecule has 0 aliphatic carbocycles. The first-order valence-corrected chi connectivity index (χ1v) is 10.2. The van der Waals surface area contributed by atoms with Gasteiger partial charge < -0.3 is 10.1 Å². The first-order valence-electron chi connectivity index (χ1n) is 9.83. The van der Waals surface area contributed by atoms with Crippen molar-refractivity contribution in [3.63, 3.8) is 0 Å². The normalized spacial score (nSPS) is 14.1. The van der Waals surface area contributed by atoms with Crippen molar-refractivity contribution in [2.45, 2.75) is 25.9 Å². The van der Waals surface area contributed by atoms with E-state index in [2.05, 4.69) is 50.0 Å². The molecule has 1 amide bonds. The van der Waals surface area contributed by atoms with Crippen molar-refractivity contribution < 1.29 is 9.53 Å². The summed E-state index contributed by atoms with van der Waals surface area (Å²) in [5, 5.41) is 14.3. The van der Waals surface area contributed by atoms with Gasteiger partial charge in [0, 0.05) is 19.2 Å². The van der Waals surface area contributed by atoms with Crippen LogP contribution >= 0.6 is 11.6 Å². The molecule has 1 aliphatic rings. The number of nitrogens with one attached hydrogen (secondary N) is 1. The molecule has 156 valence electrons. The van der Waals surface area contributed by atoms with Crippen molar-refractivity contribution >= 4 is 17.5 Å². The van der Waals surface area contributed by atoms with E-state index < -0.39 is 0 Å². The number of carbonyl (C=O) groups excluding carboxylic acids is 1. The van der Waals surface area contributed by atoms with Crippen molar-refractivity contribution in [3.05, 3.63) is 64.4 Å². The molecule has 2 heterocycles. The number of halogens is 1. The van der Waals surface area contributed by atoms with Crippen molar-refractivity contribution in [3.8, 4) is 11.4 Å². The zero-order valence-electron chi connectivity index (χ0n) is 16.7. The predicted octanol–water partition coefficient (Wildman–Crippen LogP) is 2.85. The van der Waals surface area contributed by atoms with Crippen molar-refractivity contribution in [2.75, 3.05) is 20.2 Å². The molecule has 0 radical (unpaired) electrons. The van der Waals surface area contributed by atoms with Gasteiger partial charge in [0.05, 0.1) is 23.4 Å². The second kappa shape index (κ2) is 9.23. The molecule has 8 nitrogen and oxygen atoms in total. The summed E-state index contributed by atoms with van der Waals surface area (Å²) in [5.41, 5.74) is 3.20. The Balaban J connectivity index is 1.41. The molecule has 0 saturated carbocycles. The molecule has 1 aromatic heterocycles. The van der Waals surface area contributed by atoms with Gasteiger partial charge in [0.1, 0.15) is 12.1 Å². The maximum absolute atomic E-state index is 12.7. The third-order valence-electron chi connectivity index (χ3n) is 5.19. The molecule has 3 aromatic rings. The van der Waals surface area contributed by atoms with E-state index in [1.165, 1.54) is 49.6 Å². The van der Waals surface area contributed by atoms with Gasteiger partial charge in [-0.2, -0.15) is 4.68 Å². The second-order valence-electron chi connectivity index (χ2n) is 7.24. The smallest absolute Gasteiger partial charge is 0.255 e. The summed E-state index contributed by atoms with van der Waals surface area (Å²) in [6.45, 7) is 3.75. The molecule has 2 aromatic carbocycles. The van der Waals surface area contributed by atoms with Crippen LogP contribution in [0, 0.1) is 0 Å². The Labute approximate surface area is 179 Å². The van der Waals surface area contributed by atoms with Crippen LogP contribution in [0.5, 0.6) is 5.75 Å². The Kier molecular flexibility index (Phi) is 6.25. The topological polar surface area (TPSA) is 85.2 Å². The van der Waals surface area contributed by atoms with E-state index in [9.17, 15) is 4.79 Å². The predicted molar refractivity (Wildman–Crippen MR) is 113 cm³/mol. The highest BCUT2D eigenvalue weighted by Crippen LogP contribution is 2.29. The molecule has 1 N–H and O–H groups in total. The SMILES string of the molecule is COc1cc(-n2cnnn2)c(Cl)cc1C(=O)NCc1ccc(CN2CCCC2)cc1. The quantitative estimate of drug-likeness (QED) is 0.625. The van der Waals surface area contributed by atoms with Gasteiger partial charge in [-0.15, -0.1) is 5.10 Å². The molecule has 9 heteroatoms. The minimum Gasteiger partial charge on any atom is -0.496 e. The van der Waals surface area contributed by atoms with Crippen LogP contribution in [0.2, 0.25) is 5.02 Å². The lowest BCUT2D eigenvalue weighted by molar-refractivity contribution is 0.0948. The summed E-state index contributed by atoms with van der Waals surface area (Å²) in [6, 6.07) is 11.6. The number of rotatable bonds is 7. The van der Waals surface area contributed by atoms with Crippen LogP contribution in [0.4, 0.5) is 0 Å². The molecular formula is C21H23ClN6O2. The average Bonchev–Trinajstić information content (AvgIpc) is 3.47. The molecular weight excluding hydrogens is 404 g/mol. The minimum atomic E-state index is -0.266. The Morgan fingerprint density at radius 2 is 1.90 bits per heavy atom. The fourth-order valence-electron chi connectivity index (χ4n) is 3.58. The van der Waals surface area contributed by atoms with Crippen LogP contribution in [-0.4, -0.2) is 51.2 Å². The highest BCUT2D eigenvalue weighted by molar-refractivity contribution is 6.33. The monoisotopic (exact) mass is 426 g/mol. The third-order valence-corrected chi connectivity index (χ3v) is 5.49. The fraction of sp³-hybridized carbons (Fsp3) is 0.333. The van der Waals surface area contributed by atoms with Gasteiger partial charge in [-0.3, -0.25) is 9.69 Å². The number of carbonyl (C=O) groups is 1. The molecule has 0 atom stereocenters. The molecule has 1 fully saturated rings. The van der Waals surface area contributed by atoms with Gasteiger partial charge in [0.25, 0.3) is 5.91 Å². The number of methoxy groups -OCH3 is 1. The third kappa shape index (κ3) is 4.60. The van der Waals surface area contributed by atoms with Crippen molar-refractivity contribution in [1.82, 2.24) is 30.4 Å². The van der Waals surface area contributed by atoms with Crippen LogP contribution in [0.1, 0.15) is 34.3 Å². The lowest BCUT2D eigenvalue weighted by Gasteiger charge is -2.15. The van der Waals surface area contributed by atoms with E-state index in [1.54, 1.807) is 12.1 Å². The highest BCUT2D eigenvalue weighted by atomic mass is 35.5. The van der Waals surface area contributed by atoms with Gasteiger partial charge in [0.15, 0.2) is 0 Å². The number of ether oxygens (including phenoxy) is 1. The Hall–Kier alpha value is -2.97. The summed E-state index contributed by atoms with van der Waals surface area (Å²) in [4.78, 5) is 15.2. The summed E-state index contributed by atoms with van der Waals surface area (Å²) < 4.78 is 6.80. The van der Waals surface area contributed by atoms with Gasteiger partial charge in [-0.25, -0.2) is 0 Å². The van der Waals surface area contributed by atoms with Crippen LogP contribution < -0.4 is 10.1 Å². The van der Waals surface area contributed by atoms with Gasteiger partial charge in [0.2, 0.25) is 0 Å².